The Morgan fingerprint density at radius 2 is 2.00 bits per heavy atom. The molecule has 0 bridgehead atoms. The van der Waals surface area contributed by atoms with Crippen LogP contribution < -0.4 is 10.2 Å². The van der Waals surface area contributed by atoms with Crippen LogP contribution in [0.25, 0.3) is 0 Å². The summed E-state index contributed by atoms with van der Waals surface area (Å²) in [6.07, 6.45) is 9.35. The summed E-state index contributed by atoms with van der Waals surface area (Å²) in [5.74, 6) is 0.778. The van der Waals surface area contributed by atoms with Crippen LogP contribution >= 0.6 is 0 Å². The van der Waals surface area contributed by atoms with Gasteiger partial charge in [0.15, 0.2) is 0 Å². The average molecular weight is 289 g/mol. The van der Waals surface area contributed by atoms with E-state index in [1.54, 1.807) is 0 Å². The maximum atomic E-state index is 4.33. The molecular formula is C18H31N3. The summed E-state index contributed by atoms with van der Waals surface area (Å²) in [5, 5.41) is 3.58. The highest BCUT2D eigenvalue weighted by molar-refractivity contribution is 5.52. The van der Waals surface area contributed by atoms with E-state index in [2.05, 4.69) is 56.0 Å². The van der Waals surface area contributed by atoms with Crippen LogP contribution in [0.5, 0.6) is 0 Å². The van der Waals surface area contributed by atoms with Gasteiger partial charge in [-0.3, -0.25) is 4.98 Å². The summed E-state index contributed by atoms with van der Waals surface area (Å²) >= 11 is 0. The summed E-state index contributed by atoms with van der Waals surface area (Å²) in [4.78, 5) is 6.82. The third kappa shape index (κ3) is 4.44. The summed E-state index contributed by atoms with van der Waals surface area (Å²) in [6.45, 7) is 9.88. The normalized spacial score (nSPS) is 23.1. The fourth-order valence-corrected chi connectivity index (χ4v) is 3.31. The Bertz CT molecular complexity index is 450. The van der Waals surface area contributed by atoms with Crippen molar-refractivity contribution in [3.05, 3.63) is 24.0 Å². The molecule has 0 saturated heterocycles. The topological polar surface area (TPSA) is 28.2 Å². The lowest BCUT2D eigenvalue weighted by Gasteiger charge is -2.38. The van der Waals surface area contributed by atoms with Crippen molar-refractivity contribution in [2.24, 2.45) is 5.92 Å². The third-order valence-electron chi connectivity index (χ3n) is 4.63. The number of anilines is 1. The molecule has 118 valence electrons. The molecule has 0 amide bonds. The Balaban J connectivity index is 2.14. The molecule has 2 rings (SSSR count). The lowest BCUT2D eigenvalue weighted by Crippen LogP contribution is -2.40. The second-order valence-corrected chi connectivity index (χ2v) is 7.55. The first-order valence-electron chi connectivity index (χ1n) is 8.29. The lowest BCUT2D eigenvalue weighted by molar-refractivity contribution is 0.321. The van der Waals surface area contributed by atoms with Crippen molar-refractivity contribution in [3.8, 4) is 0 Å². The van der Waals surface area contributed by atoms with Crippen LogP contribution in [-0.2, 0) is 6.54 Å². The Hall–Kier alpha value is -1.09. The summed E-state index contributed by atoms with van der Waals surface area (Å²) in [6, 6.07) is 2.83. The molecule has 0 spiro atoms. The molecule has 1 aliphatic carbocycles. The minimum absolute atomic E-state index is 0.129. The van der Waals surface area contributed by atoms with E-state index in [4.69, 9.17) is 0 Å². The fraction of sp³-hybridized carbons (Fsp3) is 0.722. The van der Waals surface area contributed by atoms with Gasteiger partial charge in [0.1, 0.15) is 0 Å². The maximum Gasteiger partial charge on any atom is 0.0442 e. The average Bonchev–Trinajstić information content (AvgIpc) is 2.44. The van der Waals surface area contributed by atoms with Gasteiger partial charge >= 0.3 is 0 Å². The quantitative estimate of drug-likeness (QED) is 0.908. The predicted molar refractivity (Wildman–Crippen MR) is 90.7 cm³/mol. The number of rotatable bonds is 4. The predicted octanol–water partition coefficient (Wildman–Crippen LogP) is 3.98. The van der Waals surface area contributed by atoms with Gasteiger partial charge in [-0.1, -0.05) is 19.8 Å². The van der Waals surface area contributed by atoms with E-state index >= 15 is 0 Å². The molecule has 1 aliphatic rings. The van der Waals surface area contributed by atoms with Gasteiger partial charge in [0, 0.05) is 48.8 Å². The number of pyridine rings is 1. The number of nitrogens with one attached hydrogen (secondary N) is 1. The van der Waals surface area contributed by atoms with Crippen LogP contribution in [0.4, 0.5) is 5.69 Å². The number of nitrogens with zero attached hydrogens (tertiary/aromatic N) is 2. The van der Waals surface area contributed by atoms with Crippen molar-refractivity contribution in [1.29, 1.82) is 0 Å². The molecule has 0 radical (unpaired) electrons. The molecule has 1 aromatic heterocycles. The van der Waals surface area contributed by atoms with Crippen LogP contribution in [0, 0.1) is 5.92 Å². The fourth-order valence-electron chi connectivity index (χ4n) is 3.31. The van der Waals surface area contributed by atoms with Crippen molar-refractivity contribution in [2.75, 3.05) is 11.9 Å². The molecule has 0 aliphatic heterocycles. The molecule has 1 aromatic rings. The standard InChI is InChI=1S/C18H31N3/c1-14-8-6-7-9-16(14)21(5)17-10-11-19-12-15(17)13-20-18(2,3)4/h10-12,14,16,20H,6-9,13H2,1-5H3. The smallest absolute Gasteiger partial charge is 0.0442 e. The van der Waals surface area contributed by atoms with Crippen molar-refractivity contribution in [1.82, 2.24) is 10.3 Å². The molecule has 3 heteroatoms. The van der Waals surface area contributed by atoms with Gasteiger partial charge in [0.25, 0.3) is 0 Å². The Morgan fingerprint density at radius 1 is 1.29 bits per heavy atom. The molecule has 2 atom stereocenters. The highest BCUT2D eigenvalue weighted by Crippen LogP contribution is 2.31. The molecule has 1 saturated carbocycles. The third-order valence-corrected chi connectivity index (χ3v) is 4.63. The van der Waals surface area contributed by atoms with Gasteiger partial charge in [-0.25, -0.2) is 0 Å². The lowest BCUT2D eigenvalue weighted by atomic mass is 9.85. The number of aromatic nitrogens is 1. The zero-order valence-electron chi connectivity index (χ0n) is 14.3. The van der Waals surface area contributed by atoms with Crippen LogP contribution in [0.3, 0.4) is 0 Å². The Kier molecular flexibility index (Phi) is 5.26. The van der Waals surface area contributed by atoms with Gasteiger partial charge in [-0.05, 0) is 45.6 Å². The zero-order valence-corrected chi connectivity index (χ0v) is 14.3. The highest BCUT2D eigenvalue weighted by atomic mass is 15.1. The molecular weight excluding hydrogens is 258 g/mol. The van der Waals surface area contributed by atoms with Crippen molar-refractivity contribution < 1.29 is 0 Å². The van der Waals surface area contributed by atoms with E-state index in [1.165, 1.54) is 36.9 Å². The first-order chi connectivity index (χ1) is 9.88. The van der Waals surface area contributed by atoms with Gasteiger partial charge in [-0.2, -0.15) is 0 Å². The van der Waals surface area contributed by atoms with E-state index in [1.807, 2.05) is 12.4 Å². The molecule has 2 unspecified atom stereocenters. The van der Waals surface area contributed by atoms with Crippen molar-refractivity contribution in [2.45, 2.75) is 71.5 Å². The Morgan fingerprint density at radius 3 is 2.67 bits per heavy atom. The second-order valence-electron chi connectivity index (χ2n) is 7.55. The molecule has 1 N–H and O–H groups in total. The molecule has 1 heterocycles. The van der Waals surface area contributed by atoms with Gasteiger partial charge in [0.2, 0.25) is 0 Å². The van der Waals surface area contributed by atoms with Crippen molar-refractivity contribution >= 4 is 5.69 Å². The molecule has 3 nitrogen and oxygen atoms in total. The van der Waals surface area contributed by atoms with Crippen molar-refractivity contribution in [3.63, 3.8) is 0 Å². The zero-order chi connectivity index (χ0) is 15.5. The maximum absolute atomic E-state index is 4.33. The monoisotopic (exact) mass is 289 g/mol. The summed E-state index contributed by atoms with van der Waals surface area (Å²) in [5.41, 5.74) is 2.76. The minimum atomic E-state index is 0.129. The molecule has 21 heavy (non-hydrogen) atoms. The van der Waals surface area contributed by atoms with Gasteiger partial charge in [0.05, 0.1) is 0 Å². The SMILES string of the molecule is CC1CCCCC1N(C)c1ccncc1CNC(C)(C)C. The van der Waals surface area contributed by atoms with E-state index in [-0.39, 0.29) is 5.54 Å². The van der Waals surface area contributed by atoms with E-state index < -0.39 is 0 Å². The highest BCUT2D eigenvalue weighted by Gasteiger charge is 2.26. The first kappa shape index (κ1) is 16.3. The van der Waals surface area contributed by atoms with Crippen LogP contribution in [-0.4, -0.2) is 23.6 Å². The number of hydrogen-bond acceptors (Lipinski definition) is 3. The van der Waals surface area contributed by atoms with Crippen LogP contribution in [0.15, 0.2) is 18.5 Å². The first-order valence-corrected chi connectivity index (χ1v) is 8.29. The Labute approximate surface area is 130 Å². The summed E-state index contributed by atoms with van der Waals surface area (Å²) in [7, 11) is 2.25. The minimum Gasteiger partial charge on any atom is -0.371 e. The summed E-state index contributed by atoms with van der Waals surface area (Å²) < 4.78 is 0. The molecule has 0 aromatic carbocycles. The number of hydrogen-bond donors (Lipinski definition) is 1. The van der Waals surface area contributed by atoms with Crippen LogP contribution in [0.1, 0.15) is 58.9 Å². The van der Waals surface area contributed by atoms with E-state index in [9.17, 15) is 0 Å². The van der Waals surface area contributed by atoms with Crippen LogP contribution in [0.2, 0.25) is 0 Å². The largest absolute Gasteiger partial charge is 0.371 e. The van der Waals surface area contributed by atoms with Gasteiger partial charge < -0.3 is 10.2 Å². The molecule has 1 fully saturated rings. The van der Waals surface area contributed by atoms with Gasteiger partial charge in [-0.15, -0.1) is 0 Å². The van der Waals surface area contributed by atoms with E-state index in [0.29, 0.717) is 6.04 Å². The second kappa shape index (κ2) is 6.78. The van der Waals surface area contributed by atoms with E-state index in [0.717, 1.165) is 12.5 Å².